The molecule has 0 fully saturated rings. The van der Waals surface area contributed by atoms with Crippen molar-refractivity contribution in [3.8, 4) is 0 Å². The summed E-state index contributed by atoms with van der Waals surface area (Å²) in [4.78, 5) is 29.9. The summed E-state index contributed by atoms with van der Waals surface area (Å²) in [6, 6.07) is 13.2. The number of nitrogens with zero attached hydrogens (tertiary/aromatic N) is 2. The molecule has 1 aromatic heterocycles. The first-order valence-electron chi connectivity index (χ1n) is 7.28. The Hall–Kier alpha value is -2.69. The van der Waals surface area contributed by atoms with Gasteiger partial charge in [0, 0.05) is 37.0 Å². The van der Waals surface area contributed by atoms with Gasteiger partial charge in [0.1, 0.15) is 6.54 Å². The van der Waals surface area contributed by atoms with Crippen LogP contribution in [-0.4, -0.2) is 34.8 Å². The fraction of sp³-hybridized carbons (Fsp3) is 0.235. The zero-order valence-electron chi connectivity index (χ0n) is 12.2. The molecular weight excluding hydrogens is 278 g/mol. The molecule has 2 heterocycles. The Morgan fingerprint density at radius 3 is 2.77 bits per heavy atom. The predicted octanol–water partition coefficient (Wildman–Crippen LogP) is 1.40. The van der Waals surface area contributed by atoms with Gasteiger partial charge in [-0.1, -0.05) is 24.3 Å². The van der Waals surface area contributed by atoms with Crippen molar-refractivity contribution in [2.45, 2.75) is 13.0 Å². The molecule has 1 N–H and O–H groups in total. The smallest absolute Gasteiger partial charge is 0.254 e. The molecule has 0 saturated heterocycles. The average molecular weight is 295 g/mol. The molecule has 0 unspecified atom stereocenters. The van der Waals surface area contributed by atoms with Crippen LogP contribution >= 0.6 is 0 Å². The highest BCUT2D eigenvalue weighted by Crippen LogP contribution is 2.21. The Balaban J connectivity index is 1.48. The van der Waals surface area contributed by atoms with Crippen molar-refractivity contribution in [3.05, 3.63) is 65.5 Å². The van der Waals surface area contributed by atoms with Crippen LogP contribution in [0, 0.1) is 0 Å². The van der Waals surface area contributed by atoms with Gasteiger partial charge in [0.15, 0.2) is 0 Å². The van der Waals surface area contributed by atoms with Crippen LogP contribution in [0.2, 0.25) is 0 Å². The summed E-state index contributed by atoms with van der Waals surface area (Å²) < 4.78 is 0. The fourth-order valence-corrected chi connectivity index (χ4v) is 2.55. The minimum absolute atomic E-state index is 0.0736. The van der Waals surface area contributed by atoms with Crippen molar-refractivity contribution in [2.24, 2.45) is 0 Å². The van der Waals surface area contributed by atoms with Gasteiger partial charge in [0.25, 0.3) is 5.91 Å². The number of fused-ring (bicyclic) bond motifs is 1. The highest BCUT2D eigenvalue weighted by atomic mass is 16.2. The zero-order chi connectivity index (χ0) is 15.4. The largest absolute Gasteiger partial charge is 0.354 e. The second kappa shape index (κ2) is 6.39. The second-order valence-electron chi connectivity index (χ2n) is 5.24. The first-order chi connectivity index (χ1) is 10.7. The Morgan fingerprint density at radius 1 is 1.18 bits per heavy atom. The van der Waals surface area contributed by atoms with E-state index in [9.17, 15) is 9.59 Å². The van der Waals surface area contributed by atoms with Gasteiger partial charge < -0.3 is 10.2 Å². The number of carbonyl (C=O) groups is 2. The van der Waals surface area contributed by atoms with Gasteiger partial charge in [-0.25, -0.2) is 0 Å². The van der Waals surface area contributed by atoms with Crippen LogP contribution in [-0.2, 0) is 17.8 Å². The Bertz CT molecular complexity index is 685. The number of rotatable bonds is 5. The lowest BCUT2D eigenvalue weighted by atomic mass is 10.1. The number of carbonyl (C=O) groups excluding carboxylic acids is 2. The molecule has 2 amide bonds. The molecule has 0 saturated carbocycles. The van der Waals surface area contributed by atoms with E-state index in [0.717, 1.165) is 11.3 Å². The van der Waals surface area contributed by atoms with Crippen LogP contribution in [0.1, 0.15) is 21.6 Å². The number of aromatic nitrogens is 1. The summed E-state index contributed by atoms with van der Waals surface area (Å²) in [5.41, 5.74) is 2.62. The lowest BCUT2D eigenvalue weighted by Crippen LogP contribution is -2.38. The fourth-order valence-electron chi connectivity index (χ4n) is 2.55. The molecule has 2 aromatic rings. The van der Waals surface area contributed by atoms with Gasteiger partial charge in [-0.3, -0.25) is 14.6 Å². The van der Waals surface area contributed by atoms with Gasteiger partial charge in [0.05, 0.1) is 0 Å². The summed E-state index contributed by atoms with van der Waals surface area (Å²) in [5, 5.41) is 2.83. The van der Waals surface area contributed by atoms with Gasteiger partial charge >= 0.3 is 0 Å². The number of amides is 2. The van der Waals surface area contributed by atoms with E-state index in [1.54, 1.807) is 17.2 Å². The van der Waals surface area contributed by atoms with Gasteiger partial charge in [-0.2, -0.15) is 0 Å². The molecule has 22 heavy (non-hydrogen) atoms. The van der Waals surface area contributed by atoms with Crippen molar-refractivity contribution >= 4 is 11.8 Å². The average Bonchev–Trinajstić information content (AvgIpc) is 2.85. The van der Waals surface area contributed by atoms with Crippen LogP contribution in [0.25, 0.3) is 0 Å². The molecule has 5 heteroatoms. The van der Waals surface area contributed by atoms with E-state index in [-0.39, 0.29) is 18.4 Å². The third-order valence-electron chi connectivity index (χ3n) is 3.66. The molecule has 5 nitrogen and oxygen atoms in total. The molecule has 0 bridgehead atoms. The number of benzene rings is 1. The summed E-state index contributed by atoms with van der Waals surface area (Å²) >= 11 is 0. The topological polar surface area (TPSA) is 62.3 Å². The number of hydrogen-bond acceptors (Lipinski definition) is 3. The first-order valence-corrected chi connectivity index (χ1v) is 7.28. The van der Waals surface area contributed by atoms with Crippen molar-refractivity contribution in [1.82, 2.24) is 15.2 Å². The van der Waals surface area contributed by atoms with E-state index >= 15 is 0 Å². The third kappa shape index (κ3) is 3.14. The number of hydrogen-bond donors (Lipinski definition) is 1. The minimum atomic E-state index is -0.142. The maximum absolute atomic E-state index is 12.2. The summed E-state index contributed by atoms with van der Waals surface area (Å²) in [7, 11) is 0. The molecule has 1 aliphatic heterocycles. The minimum Gasteiger partial charge on any atom is -0.354 e. The van der Waals surface area contributed by atoms with E-state index in [0.29, 0.717) is 25.1 Å². The molecular formula is C17H17N3O2. The highest BCUT2D eigenvalue weighted by molar-refractivity contribution is 6.00. The van der Waals surface area contributed by atoms with E-state index in [1.165, 1.54) is 0 Å². The molecule has 0 atom stereocenters. The van der Waals surface area contributed by atoms with Crippen LogP contribution in [0.4, 0.5) is 0 Å². The molecule has 1 aromatic carbocycles. The second-order valence-corrected chi connectivity index (χ2v) is 5.24. The summed E-state index contributed by atoms with van der Waals surface area (Å²) in [6.45, 7) is 1.11. The Labute approximate surface area is 129 Å². The maximum Gasteiger partial charge on any atom is 0.254 e. The SMILES string of the molecule is O=C(CN1Cc2ccccc2C1=O)NCCc1ccccn1. The van der Waals surface area contributed by atoms with E-state index < -0.39 is 0 Å². The van der Waals surface area contributed by atoms with Gasteiger partial charge in [0.2, 0.25) is 5.91 Å². The first kappa shape index (κ1) is 14.3. The monoisotopic (exact) mass is 295 g/mol. The molecule has 0 spiro atoms. The van der Waals surface area contributed by atoms with Crippen molar-refractivity contribution in [2.75, 3.05) is 13.1 Å². The third-order valence-corrected chi connectivity index (χ3v) is 3.66. The van der Waals surface area contributed by atoms with Crippen LogP contribution in [0.5, 0.6) is 0 Å². The quantitative estimate of drug-likeness (QED) is 0.907. The van der Waals surface area contributed by atoms with Crippen molar-refractivity contribution < 1.29 is 9.59 Å². The normalized spacial score (nSPS) is 13.1. The predicted molar refractivity (Wildman–Crippen MR) is 82.1 cm³/mol. The van der Waals surface area contributed by atoms with Crippen molar-refractivity contribution in [1.29, 1.82) is 0 Å². The molecule has 0 radical (unpaired) electrons. The Morgan fingerprint density at radius 2 is 2.00 bits per heavy atom. The van der Waals surface area contributed by atoms with Gasteiger partial charge in [-0.15, -0.1) is 0 Å². The van der Waals surface area contributed by atoms with Crippen LogP contribution in [0.15, 0.2) is 48.7 Å². The summed E-state index contributed by atoms with van der Waals surface area (Å²) in [6.07, 6.45) is 2.41. The molecule has 3 rings (SSSR count). The van der Waals surface area contributed by atoms with E-state index in [1.807, 2.05) is 36.4 Å². The van der Waals surface area contributed by atoms with E-state index in [2.05, 4.69) is 10.3 Å². The lowest BCUT2D eigenvalue weighted by molar-refractivity contribution is -0.121. The summed E-state index contributed by atoms with van der Waals surface area (Å²) in [5.74, 6) is -0.215. The van der Waals surface area contributed by atoms with E-state index in [4.69, 9.17) is 0 Å². The lowest BCUT2D eigenvalue weighted by Gasteiger charge is -2.15. The number of pyridine rings is 1. The highest BCUT2D eigenvalue weighted by Gasteiger charge is 2.27. The van der Waals surface area contributed by atoms with Crippen LogP contribution < -0.4 is 5.32 Å². The maximum atomic E-state index is 12.2. The van der Waals surface area contributed by atoms with Gasteiger partial charge in [-0.05, 0) is 23.8 Å². The number of nitrogens with one attached hydrogen (secondary N) is 1. The molecule has 0 aliphatic carbocycles. The van der Waals surface area contributed by atoms with Crippen molar-refractivity contribution in [3.63, 3.8) is 0 Å². The Kier molecular flexibility index (Phi) is 4.14. The molecule has 112 valence electrons. The van der Waals surface area contributed by atoms with Crippen LogP contribution in [0.3, 0.4) is 0 Å². The zero-order valence-corrected chi connectivity index (χ0v) is 12.2. The standard InChI is InChI=1S/C17H17N3O2/c21-16(19-10-8-14-6-3-4-9-18-14)12-20-11-13-5-1-2-7-15(13)17(20)22/h1-7,9H,8,10-12H2,(H,19,21). The molecule has 1 aliphatic rings.